The van der Waals surface area contributed by atoms with Crippen LogP contribution in [0.25, 0.3) is 11.4 Å². The molecule has 2 aromatic carbocycles. The van der Waals surface area contributed by atoms with E-state index in [4.69, 9.17) is 11.6 Å². The van der Waals surface area contributed by atoms with E-state index >= 15 is 0 Å². The second kappa shape index (κ2) is 9.26. The molecule has 146 valence electrons. The van der Waals surface area contributed by atoms with Crippen molar-refractivity contribution < 1.29 is 4.79 Å². The molecule has 0 saturated heterocycles. The molecule has 0 aliphatic heterocycles. The molecule has 1 heterocycles. The van der Waals surface area contributed by atoms with E-state index in [9.17, 15) is 4.79 Å². The van der Waals surface area contributed by atoms with Gasteiger partial charge in [0.15, 0.2) is 11.0 Å². The highest BCUT2D eigenvalue weighted by atomic mass is 35.5. The summed E-state index contributed by atoms with van der Waals surface area (Å²) >= 11 is 7.39. The number of halogens is 1. The van der Waals surface area contributed by atoms with Crippen LogP contribution in [0.2, 0.25) is 5.02 Å². The Hall–Kier alpha value is -2.31. The van der Waals surface area contributed by atoms with Crippen LogP contribution in [0.5, 0.6) is 0 Å². The number of carbonyl (C=O) groups is 1. The Morgan fingerprint density at radius 3 is 2.61 bits per heavy atom. The Kier molecular flexibility index (Phi) is 6.75. The van der Waals surface area contributed by atoms with Crippen molar-refractivity contribution in [2.45, 2.75) is 32.5 Å². The van der Waals surface area contributed by atoms with E-state index < -0.39 is 0 Å². The lowest BCUT2D eigenvalue weighted by Gasteiger charge is -2.12. The molecule has 0 radical (unpaired) electrons. The molecule has 1 N–H and O–H groups in total. The summed E-state index contributed by atoms with van der Waals surface area (Å²) in [5, 5.41) is 13.0. The molecule has 0 spiro atoms. The maximum Gasteiger partial charge on any atom is 0.234 e. The fraction of sp³-hybridized carbons (Fsp3) is 0.286. The first-order valence-electron chi connectivity index (χ1n) is 9.11. The molecule has 0 atom stereocenters. The number of amides is 1. The van der Waals surface area contributed by atoms with Crippen LogP contribution in [0.4, 0.5) is 5.69 Å². The third kappa shape index (κ3) is 5.36. The standard InChI is InChI=1S/C21H23ClN4OS/c1-14(2)12-26-20(16-7-9-17(22)10-8-16)24-25-21(26)28-13-19(27)23-18-6-4-5-15(3)11-18/h4-11,14H,12-13H2,1-3H3,(H,23,27). The van der Waals surface area contributed by atoms with Crippen molar-refractivity contribution in [3.63, 3.8) is 0 Å². The second-order valence-corrected chi connectivity index (χ2v) is 8.40. The highest BCUT2D eigenvalue weighted by molar-refractivity contribution is 7.99. The molecule has 5 nitrogen and oxygen atoms in total. The molecule has 0 aliphatic carbocycles. The Morgan fingerprint density at radius 2 is 1.93 bits per heavy atom. The Balaban J connectivity index is 1.74. The van der Waals surface area contributed by atoms with Gasteiger partial charge in [-0.15, -0.1) is 10.2 Å². The Bertz CT molecular complexity index is 953. The molecule has 0 saturated carbocycles. The summed E-state index contributed by atoms with van der Waals surface area (Å²) in [6.45, 7) is 7.05. The number of benzene rings is 2. The van der Waals surface area contributed by atoms with Crippen LogP contribution in [0.15, 0.2) is 53.7 Å². The van der Waals surface area contributed by atoms with Crippen LogP contribution in [0, 0.1) is 12.8 Å². The first-order valence-corrected chi connectivity index (χ1v) is 10.5. The topological polar surface area (TPSA) is 59.8 Å². The summed E-state index contributed by atoms with van der Waals surface area (Å²) in [6, 6.07) is 15.3. The van der Waals surface area contributed by atoms with Gasteiger partial charge in [0.25, 0.3) is 0 Å². The van der Waals surface area contributed by atoms with E-state index in [-0.39, 0.29) is 11.7 Å². The van der Waals surface area contributed by atoms with Gasteiger partial charge in [0, 0.05) is 22.8 Å². The van der Waals surface area contributed by atoms with Gasteiger partial charge in [-0.05, 0) is 54.8 Å². The van der Waals surface area contributed by atoms with E-state index in [0.717, 1.165) is 34.3 Å². The molecule has 0 unspecified atom stereocenters. The summed E-state index contributed by atoms with van der Waals surface area (Å²) in [5.74, 6) is 1.40. The molecule has 28 heavy (non-hydrogen) atoms. The number of carbonyl (C=O) groups excluding carboxylic acids is 1. The Morgan fingerprint density at radius 1 is 1.18 bits per heavy atom. The number of hydrogen-bond donors (Lipinski definition) is 1. The van der Waals surface area contributed by atoms with Crippen molar-refractivity contribution >= 4 is 35.0 Å². The van der Waals surface area contributed by atoms with Crippen molar-refractivity contribution in [3.05, 3.63) is 59.1 Å². The van der Waals surface area contributed by atoms with Crippen molar-refractivity contribution in [1.29, 1.82) is 0 Å². The zero-order valence-corrected chi connectivity index (χ0v) is 17.7. The van der Waals surface area contributed by atoms with Crippen LogP contribution in [-0.2, 0) is 11.3 Å². The van der Waals surface area contributed by atoms with Gasteiger partial charge in [0.1, 0.15) is 0 Å². The number of thioether (sulfide) groups is 1. The van der Waals surface area contributed by atoms with E-state index in [2.05, 4.69) is 33.9 Å². The van der Waals surface area contributed by atoms with Gasteiger partial charge in [0.2, 0.25) is 5.91 Å². The predicted octanol–water partition coefficient (Wildman–Crippen LogP) is 5.29. The maximum absolute atomic E-state index is 12.3. The lowest BCUT2D eigenvalue weighted by atomic mass is 10.2. The molecule has 0 bridgehead atoms. The molecule has 1 aromatic heterocycles. The number of hydrogen-bond acceptors (Lipinski definition) is 4. The average Bonchev–Trinajstić information content (AvgIpc) is 3.02. The van der Waals surface area contributed by atoms with Crippen molar-refractivity contribution in [3.8, 4) is 11.4 Å². The highest BCUT2D eigenvalue weighted by Crippen LogP contribution is 2.26. The minimum absolute atomic E-state index is 0.0669. The van der Waals surface area contributed by atoms with Crippen molar-refractivity contribution in [2.24, 2.45) is 5.92 Å². The minimum Gasteiger partial charge on any atom is -0.325 e. The van der Waals surface area contributed by atoms with E-state index in [1.54, 1.807) is 0 Å². The highest BCUT2D eigenvalue weighted by Gasteiger charge is 2.16. The third-order valence-electron chi connectivity index (χ3n) is 4.00. The van der Waals surface area contributed by atoms with Gasteiger partial charge in [-0.2, -0.15) is 0 Å². The number of nitrogens with one attached hydrogen (secondary N) is 1. The lowest BCUT2D eigenvalue weighted by Crippen LogP contribution is -2.15. The molecule has 3 aromatic rings. The van der Waals surface area contributed by atoms with Gasteiger partial charge in [0.05, 0.1) is 5.75 Å². The summed E-state index contributed by atoms with van der Waals surface area (Å²) < 4.78 is 2.07. The fourth-order valence-corrected chi connectivity index (χ4v) is 3.66. The van der Waals surface area contributed by atoms with Crippen LogP contribution in [-0.4, -0.2) is 26.4 Å². The lowest BCUT2D eigenvalue weighted by molar-refractivity contribution is -0.113. The molecule has 0 aliphatic rings. The summed E-state index contributed by atoms with van der Waals surface area (Å²) in [7, 11) is 0. The van der Waals surface area contributed by atoms with Gasteiger partial charge in [-0.25, -0.2) is 0 Å². The quantitative estimate of drug-likeness (QED) is 0.533. The number of nitrogens with zero attached hydrogens (tertiary/aromatic N) is 3. The van der Waals surface area contributed by atoms with Gasteiger partial charge >= 0.3 is 0 Å². The first kappa shape index (κ1) is 20.4. The monoisotopic (exact) mass is 414 g/mol. The largest absolute Gasteiger partial charge is 0.325 e. The second-order valence-electron chi connectivity index (χ2n) is 7.02. The zero-order valence-electron chi connectivity index (χ0n) is 16.1. The van der Waals surface area contributed by atoms with Crippen molar-refractivity contribution in [2.75, 3.05) is 11.1 Å². The molecular formula is C21H23ClN4OS. The zero-order chi connectivity index (χ0) is 20.1. The molecule has 7 heteroatoms. The molecular weight excluding hydrogens is 392 g/mol. The summed E-state index contributed by atoms with van der Waals surface area (Å²) in [6.07, 6.45) is 0. The molecule has 0 fully saturated rings. The maximum atomic E-state index is 12.3. The SMILES string of the molecule is Cc1cccc(NC(=O)CSc2nnc(-c3ccc(Cl)cc3)n2CC(C)C)c1. The number of rotatable bonds is 7. The third-order valence-corrected chi connectivity index (χ3v) is 5.22. The van der Waals surface area contributed by atoms with E-state index in [1.807, 2.05) is 55.5 Å². The minimum atomic E-state index is -0.0669. The predicted molar refractivity (Wildman–Crippen MR) is 116 cm³/mol. The first-order chi connectivity index (χ1) is 13.4. The van der Waals surface area contributed by atoms with Crippen molar-refractivity contribution in [1.82, 2.24) is 14.8 Å². The van der Waals surface area contributed by atoms with E-state index in [0.29, 0.717) is 10.9 Å². The van der Waals surface area contributed by atoms with Gasteiger partial charge in [-0.3, -0.25) is 4.79 Å². The number of anilines is 1. The van der Waals surface area contributed by atoms with Gasteiger partial charge < -0.3 is 9.88 Å². The molecule has 3 rings (SSSR count). The normalized spacial score (nSPS) is 11.0. The van der Waals surface area contributed by atoms with Crippen LogP contribution >= 0.6 is 23.4 Å². The van der Waals surface area contributed by atoms with E-state index in [1.165, 1.54) is 11.8 Å². The Labute approximate surface area is 174 Å². The molecule has 1 amide bonds. The number of aromatic nitrogens is 3. The fourth-order valence-electron chi connectivity index (χ4n) is 2.79. The van der Waals surface area contributed by atoms with Crippen LogP contribution < -0.4 is 5.32 Å². The summed E-state index contributed by atoms with van der Waals surface area (Å²) in [4.78, 5) is 12.3. The smallest absolute Gasteiger partial charge is 0.234 e. The summed E-state index contributed by atoms with van der Waals surface area (Å²) in [5.41, 5.74) is 2.86. The van der Waals surface area contributed by atoms with Crippen LogP contribution in [0.1, 0.15) is 19.4 Å². The van der Waals surface area contributed by atoms with Gasteiger partial charge in [-0.1, -0.05) is 49.3 Å². The average molecular weight is 415 g/mol. The van der Waals surface area contributed by atoms with Crippen LogP contribution in [0.3, 0.4) is 0 Å². The number of aryl methyl sites for hydroxylation is 1.